The van der Waals surface area contributed by atoms with Crippen LogP contribution in [0.3, 0.4) is 0 Å². The summed E-state index contributed by atoms with van der Waals surface area (Å²) in [6.45, 7) is 5.45. The third-order valence-corrected chi connectivity index (χ3v) is 6.38. The van der Waals surface area contributed by atoms with E-state index in [-0.39, 0.29) is 12.1 Å². The second-order valence-electron chi connectivity index (χ2n) is 7.08. The number of thioether (sulfide) groups is 1. The van der Waals surface area contributed by atoms with Crippen molar-refractivity contribution in [2.24, 2.45) is 11.8 Å². The Morgan fingerprint density at radius 2 is 1.96 bits per heavy atom. The van der Waals surface area contributed by atoms with Crippen molar-refractivity contribution in [3.05, 3.63) is 12.3 Å². The summed E-state index contributed by atoms with van der Waals surface area (Å²) < 4.78 is 5.46. The summed E-state index contributed by atoms with van der Waals surface area (Å²) in [6, 6.07) is 2.24. The molecule has 1 aliphatic carbocycles. The van der Waals surface area contributed by atoms with Crippen molar-refractivity contribution < 1.29 is 9.84 Å². The van der Waals surface area contributed by atoms with E-state index in [1.54, 1.807) is 11.8 Å². The zero-order valence-electron chi connectivity index (χ0n) is 14.2. The van der Waals surface area contributed by atoms with Crippen molar-refractivity contribution in [3.8, 4) is 0 Å². The quantitative estimate of drug-likeness (QED) is 0.647. The number of nitrogens with zero attached hydrogens (tertiary/aromatic N) is 4. The number of aromatic nitrogens is 2. The second-order valence-corrected chi connectivity index (χ2v) is 7.91. The fourth-order valence-corrected chi connectivity index (χ4v) is 4.84. The maximum absolute atomic E-state index is 10.7. The molecule has 1 aromatic heterocycles. The number of anilines is 1. The van der Waals surface area contributed by atoms with Crippen molar-refractivity contribution in [3.63, 3.8) is 0 Å². The van der Waals surface area contributed by atoms with Gasteiger partial charge >= 0.3 is 0 Å². The number of hydrogen-bond donors (Lipinski definition) is 1. The highest BCUT2D eigenvalue weighted by Crippen LogP contribution is 2.39. The van der Waals surface area contributed by atoms with E-state index in [4.69, 9.17) is 4.74 Å². The molecule has 0 radical (unpaired) electrons. The van der Waals surface area contributed by atoms with Crippen LogP contribution in [-0.2, 0) is 4.74 Å². The lowest BCUT2D eigenvalue weighted by Crippen LogP contribution is -2.53. The fraction of sp³-hybridized carbons (Fsp3) is 0.765. The Labute approximate surface area is 147 Å². The largest absolute Gasteiger partial charge is 0.391 e. The maximum atomic E-state index is 10.7. The summed E-state index contributed by atoms with van der Waals surface area (Å²) in [5.41, 5.74) is 0. The first-order valence-corrected chi connectivity index (χ1v) is 10.1. The monoisotopic (exact) mass is 350 g/mol. The molecule has 3 heterocycles. The average Bonchev–Trinajstić information content (AvgIpc) is 3.04. The summed E-state index contributed by atoms with van der Waals surface area (Å²) in [7, 11) is 0. The highest BCUT2D eigenvalue weighted by molar-refractivity contribution is 7.98. The van der Waals surface area contributed by atoms with Crippen LogP contribution < -0.4 is 4.90 Å². The van der Waals surface area contributed by atoms with Gasteiger partial charge in [-0.25, -0.2) is 9.97 Å². The number of morpholine rings is 1. The Balaban J connectivity index is 1.44. The minimum Gasteiger partial charge on any atom is -0.391 e. The number of ether oxygens (including phenoxy) is 1. The molecule has 2 saturated heterocycles. The average molecular weight is 350 g/mol. The number of rotatable bonds is 3. The molecular formula is C17H26N4O2S. The van der Waals surface area contributed by atoms with Crippen molar-refractivity contribution in [2.75, 3.05) is 50.5 Å². The van der Waals surface area contributed by atoms with Crippen LogP contribution in [-0.4, -0.2) is 77.8 Å². The first-order valence-electron chi connectivity index (χ1n) is 8.86. The van der Waals surface area contributed by atoms with Crippen LogP contribution in [0.1, 0.15) is 12.8 Å². The van der Waals surface area contributed by atoms with Crippen molar-refractivity contribution in [1.29, 1.82) is 0 Å². The first-order chi connectivity index (χ1) is 11.7. The minimum atomic E-state index is -0.220. The van der Waals surface area contributed by atoms with E-state index in [9.17, 15) is 5.11 Å². The van der Waals surface area contributed by atoms with Crippen LogP contribution in [0.15, 0.2) is 17.3 Å². The first kappa shape index (κ1) is 16.6. The van der Waals surface area contributed by atoms with Gasteiger partial charge in [-0.1, -0.05) is 0 Å². The molecule has 0 aromatic carbocycles. The van der Waals surface area contributed by atoms with E-state index < -0.39 is 0 Å². The molecule has 1 saturated carbocycles. The standard InChI is InChI=1S/C17H26N4O2S/c1-24-16-2-3-18-17(19-16)21-10-12-8-14(15(22)9-13(12)11-21)20-4-6-23-7-5-20/h2-3,12-15,22H,4-11H2,1H3/t12-,13+,14-,15-/m1/s1. The molecular weight excluding hydrogens is 324 g/mol. The summed E-state index contributed by atoms with van der Waals surface area (Å²) in [6.07, 6.45) is 5.64. The number of aliphatic hydroxyl groups is 1. The molecule has 0 amide bonds. The second kappa shape index (κ2) is 7.15. The predicted molar refractivity (Wildman–Crippen MR) is 94.4 cm³/mol. The lowest BCUT2D eigenvalue weighted by Gasteiger charge is -2.43. The highest BCUT2D eigenvalue weighted by Gasteiger charge is 2.44. The topological polar surface area (TPSA) is 61.7 Å². The van der Waals surface area contributed by atoms with E-state index in [1.165, 1.54) is 0 Å². The van der Waals surface area contributed by atoms with Gasteiger partial charge in [0, 0.05) is 38.4 Å². The summed E-state index contributed by atoms with van der Waals surface area (Å²) in [4.78, 5) is 13.9. The molecule has 132 valence electrons. The maximum Gasteiger partial charge on any atom is 0.226 e. The molecule has 4 rings (SSSR count). The zero-order chi connectivity index (χ0) is 16.5. The molecule has 3 aliphatic rings. The Hall–Kier alpha value is -0.890. The Morgan fingerprint density at radius 1 is 1.21 bits per heavy atom. The molecule has 1 aromatic rings. The van der Waals surface area contributed by atoms with Crippen molar-refractivity contribution in [1.82, 2.24) is 14.9 Å². The lowest BCUT2D eigenvalue weighted by molar-refractivity contribution is -0.0520. The van der Waals surface area contributed by atoms with Gasteiger partial charge in [-0.2, -0.15) is 0 Å². The molecule has 0 unspecified atom stereocenters. The minimum absolute atomic E-state index is 0.220. The van der Waals surface area contributed by atoms with Crippen LogP contribution in [0.5, 0.6) is 0 Å². The lowest BCUT2D eigenvalue weighted by atomic mass is 9.77. The number of fused-ring (bicyclic) bond motifs is 1. The van der Waals surface area contributed by atoms with E-state index in [0.717, 1.165) is 63.2 Å². The van der Waals surface area contributed by atoms with Gasteiger partial charge in [0.1, 0.15) is 5.03 Å². The van der Waals surface area contributed by atoms with Gasteiger partial charge in [0.15, 0.2) is 0 Å². The molecule has 6 nitrogen and oxygen atoms in total. The molecule has 0 spiro atoms. The molecule has 24 heavy (non-hydrogen) atoms. The molecule has 1 N–H and O–H groups in total. The third-order valence-electron chi connectivity index (χ3n) is 5.73. The number of hydrogen-bond acceptors (Lipinski definition) is 7. The zero-order valence-corrected chi connectivity index (χ0v) is 15.0. The van der Waals surface area contributed by atoms with Gasteiger partial charge in [-0.3, -0.25) is 4.90 Å². The van der Waals surface area contributed by atoms with Crippen molar-refractivity contribution in [2.45, 2.75) is 30.0 Å². The van der Waals surface area contributed by atoms with Gasteiger partial charge in [0.2, 0.25) is 5.95 Å². The molecule has 0 bridgehead atoms. The Bertz CT molecular complexity index is 569. The van der Waals surface area contributed by atoms with E-state index in [0.29, 0.717) is 11.8 Å². The summed E-state index contributed by atoms with van der Waals surface area (Å²) in [5, 5.41) is 11.7. The van der Waals surface area contributed by atoms with E-state index in [2.05, 4.69) is 19.8 Å². The van der Waals surface area contributed by atoms with Crippen LogP contribution >= 0.6 is 11.8 Å². The molecule has 7 heteroatoms. The highest BCUT2D eigenvalue weighted by atomic mass is 32.2. The molecule has 4 atom stereocenters. The SMILES string of the molecule is CSc1ccnc(N2C[C@H]3C[C@@H](N4CCOCC4)[C@H](O)C[C@H]3C2)n1. The molecule has 2 aliphatic heterocycles. The summed E-state index contributed by atoms with van der Waals surface area (Å²) in [5.74, 6) is 2.02. The predicted octanol–water partition coefficient (Wildman–Crippen LogP) is 1.11. The third kappa shape index (κ3) is 3.27. The molecule has 3 fully saturated rings. The smallest absolute Gasteiger partial charge is 0.226 e. The Kier molecular flexibility index (Phi) is 4.94. The van der Waals surface area contributed by atoms with Crippen molar-refractivity contribution >= 4 is 17.7 Å². The summed E-state index contributed by atoms with van der Waals surface area (Å²) >= 11 is 1.65. The van der Waals surface area contributed by atoms with Gasteiger partial charge in [0.05, 0.1) is 19.3 Å². The van der Waals surface area contributed by atoms with Gasteiger partial charge in [-0.05, 0) is 37.0 Å². The van der Waals surface area contributed by atoms with Gasteiger partial charge in [0.25, 0.3) is 0 Å². The van der Waals surface area contributed by atoms with Crippen LogP contribution in [0, 0.1) is 11.8 Å². The van der Waals surface area contributed by atoms with Crippen LogP contribution in [0.4, 0.5) is 5.95 Å². The van der Waals surface area contributed by atoms with Gasteiger partial charge in [-0.15, -0.1) is 11.8 Å². The number of aliphatic hydroxyl groups excluding tert-OH is 1. The fourth-order valence-electron chi connectivity index (χ4n) is 4.47. The Morgan fingerprint density at radius 3 is 2.71 bits per heavy atom. The van der Waals surface area contributed by atoms with E-state index in [1.807, 2.05) is 18.5 Å². The normalized spacial score (nSPS) is 34.3. The van der Waals surface area contributed by atoms with Crippen LogP contribution in [0.2, 0.25) is 0 Å². The van der Waals surface area contributed by atoms with Gasteiger partial charge < -0.3 is 14.7 Å². The van der Waals surface area contributed by atoms with Crippen LogP contribution in [0.25, 0.3) is 0 Å². The van der Waals surface area contributed by atoms with E-state index >= 15 is 0 Å².